The molecule has 0 bridgehead atoms. The van der Waals surface area contributed by atoms with Gasteiger partial charge in [0, 0.05) is 30.1 Å². The zero-order valence-electron chi connectivity index (χ0n) is 12.3. The van der Waals surface area contributed by atoms with Crippen LogP contribution < -0.4 is 10.1 Å². The number of carboxylic acids is 1. The van der Waals surface area contributed by atoms with Crippen LogP contribution in [0, 0.1) is 0 Å². The van der Waals surface area contributed by atoms with Crippen molar-refractivity contribution in [1.82, 2.24) is 14.8 Å². The molecule has 1 fully saturated rings. The summed E-state index contributed by atoms with van der Waals surface area (Å²) in [5.41, 5.74) is 0.405. The van der Waals surface area contributed by atoms with Crippen LogP contribution in [0.5, 0.6) is 5.88 Å². The average Bonchev–Trinajstić information content (AvgIpc) is 2.89. The summed E-state index contributed by atoms with van der Waals surface area (Å²) in [6.07, 6.45) is 6.38. The van der Waals surface area contributed by atoms with E-state index in [9.17, 15) is 9.59 Å². The average molecular weight is 316 g/mol. The van der Waals surface area contributed by atoms with E-state index in [-0.39, 0.29) is 24.4 Å². The Labute approximate surface area is 132 Å². The fraction of sp³-hybridized carbons (Fsp3) is 0.333. The Morgan fingerprint density at radius 3 is 2.91 bits per heavy atom. The number of rotatable bonds is 6. The summed E-state index contributed by atoms with van der Waals surface area (Å²) in [4.78, 5) is 26.9. The van der Waals surface area contributed by atoms with Crippen LogP contribution in [-0.4, -0.2) is 37.9 Å². The van der Waals surface area contributed by atoms with Crippen molar-refractivity contribution >= 4 is 17.7 Å². The van der Waals surface area contributed by atoms with Gasteiger partial charge in [0.05, 0.1) is 0 Å². The highest BCUT2D eigenvalue weighted by atomic mass is 16.5. The van der Waals surface area contributed by atoms with Gasteiger partial charge in [0.1, 0.15) is 12.6 Å². The fourth-order valence-corrected chi connectivity index (χ4v) is 2.12. The lowest BCUT2D eigenvalue weighted by Crippen LogP contribution is -2.25. The molecule has 8 nitrogen and oxygen atoms in total. The molecule has 0 spiro atoms. The molecule has 2 N–H and O–H groups in total. The predicted molar refractivity (Wildman–Crippen MR) is 80.3 cm³/mol. The number of pyridine rings is 1. The topological polar surface area (TPSA) is 106 Å². The number of aromatic nitrogens is 3. The van der Waals surface area contributed by atoms with Crippen molar-refractivity contribution < 1.29 is 19.4 Å². The molecule has 1 amide bonds. The molecular formula is C15H16N4O4. The molecular weight excluding hydrogens is 300 g/mol. The van der Waals surface area contributed by atoms with E-state index in [2.05, 4.69) is 15.4 Å². The number of nitrogens with one attached hydrogen (secondary N) is 1. The number of carboxylic acid groups (broad SMARTS) is 1. The van der Waals surface area contributed by atoms with Gasteiger partial charge in [-0.15, -0.1) is 0 Å². The van der Waals surface area contributed by atoms with E-state index in [1.807, 2.05) is 0 Å². The minimum Gasteiger partial charge on any atom is -0.480 e. The first-order valence-corrected chi connectivity index (χ1v) is 7.29. The van der Waals surface area contributed by atoms with Gasteiger partial charge in [0.15, 0.2) is 5.82 Å². The van der Waals surface area contributed by atoms with Crippen LogP contribution in [0.25, 0.3) is 0 Å². The zero-order valence-corrected chi connectivity index (χ0v) is 12.3. The molecule has 0 aromatic carbocycles. The number of aliphatic carboxylic acids is 1. The van der Waals surface area contributed by atoms with Crippen molar-refractivity contribution in [2.24, 2.45) is 0 Å². The van der Waals surface area contributed by atoms with Gasteiger partial charge in [-0.2, -0.15) is 5.10 Å². The zero-order chi connectivity index (χ0) is 16.2. The summed E-state index contributed by atoms with van der Waals surface area (Å²) < 4.78 is 6.89. The number of ether oxygens (including phenoxy) is 1. The molecule has 8 heteroatoms. The summed E-state index contributed by atoms with van der Waals surface area (Å²) in [5.74, 6) is -0.641. The lowest BCUT2D eigenvalue weighted by atomic mass is 9.96. The number of anilines is 1. The predicted octanol–water partition coefficient (Wildman–Crippen LogP) is 1.55. The molecule has 0 atom stereocenters. The van der Waals surface area contributed by atoms with Crippen molar-refractivity contribution in [2.75, 3.05) is 5.32 Å². The van der Waals surface area contributed by atoms with Gasteiger partial charge in [-0.3, -0.25) is 14.3 Å². The maximum absolute atomic E-state index is 12.2. The van der Waals surface area contributed by atoms with Crippen molar-refractivity contribution in [3.8, 4) is 5.88 Å². The van der Waals surface area contributed by atoms with Crippen LogP contribution in [0.3, 0.4) is 0 Å². The second kappa shape index (κ2) is 6.47. The second-order valence-electron chi connectivity index (χ2n) is 5.30. The van der Waals surface area contributed by atoms with Crippen LogP contribution >= 0.6 is 0 Å². The Balaban J connectivity index is 1.64. The smallest absolute Gasteiger partial charge is 0.325 e. The quantitative estimate of drug-likeness (QED) is 0.837. The molecule has 0 unspecified atom stereocenters. The highest BCUT2D eigenvalue weighted by Gasteiger charge is 2.20. The summed E-state index contributed by atoms with van der Waals surface area (Å²) >= 11 is 0. The van der Waals surface area contributed by atoms with E-state index >= 15 is 0 Å². The SMILES string of the molecule is O=C(O)Cn1ccc(NC(=O)c2ccnc(OC3CCC3)c2)n1. The van der Waals surface area contributed by atoms with E-state index < -0.39 is 5.97 Å². The van der Waals surface area contributed by atoms with E-state index in [1.54, 1.807) is 12.1 Å². The van der Waals surface area contributed by atoms with E-state index in [1.165, 1.54) is 23.1 Å². The molecule has 0 radical (unpaired) electrons. The molecule has 120 valence electrons. The van der Waals surface area contributed by atoms with Crippen molar-refractivity contribution in [1.29, 1.82) is 0 Å². The number of nitrogens with zero attached hydrogens (tertiary/aromatic N) is 3. The standard InChI is InChI=1S/C15H16N4O4/c20-14(21)9-19-7-5-12(18-19)17-15(22)10-4-6-16-13(8-10)23-11-2-1-3-11/h4-8,11H,1-3,9H2,(H,20,21)(H,17,18,22). The van der Waals surface area contributed by atoms with Gasteiger partial charge >= 0.3 is 5.97 Å². The van der Waals surface area contributed by atoms with Crippen LogP contribution in [0.1, 0.15) is 29.6 Å². The maximum Gasteiger partial charge on any atom is 0.325 e. The first-order chi connectivity index (χ1) is 11.1. The van der Waals surface area contributed by atoms with E-state index in [0.29, 0.717) is 11.4 Å². The summed E-state index contributed by atoms with van der Waals surface area (Å²) in [6, 6.07) is 4.70. The minimum atomic E-state index is -1.00. The lowest BCUT2D eigenvalue weighted by molar-refractivity contribution is -0.137. The van der Waals surface area contributed by atoms with Crippen molar-refractivity contribution in [3.63, 3.8) is 0 Å². The fourth-order valence-electron chi connectivity index (χ4n) is 2.12. The maximum atomic E-state index is 12.2. The number of carbonyl (C=O) groups excluding carboxylic acids is 1. The van der Waals surface area contributed by atoms with Crippen LogP contribution in [0.15, 0.2) is 30.6 Å². The summed E-state index contributed by atoms with van der Waals surface area (Å²) in [5, 5.41) is 15.3. The van der Waals surface area contributed by atoms with Crippen molar-refractivity contribution in [3.05, 3.63) is 36.2 Å². The third kappa shape index (κ3) is 3.85. The third-order valence-electron chi connectivity index (χ3n) is 3.52. The van der Waals surface area contributed by atoms with Crippen LogP contribution in [0.2, 0.25) is 0 Å². The molecule has 3 rings (SSSR count). The van der Waals surface area contributed by atoms with Crippen LogP contribution in [-0.2, 0) is 11.3 Å². The van der Waals surface area contributed by atoms with Gasteiger partial charge < -0.3 is 15.2 Å². The van der Waals surface area contributed by atoms with E-state index in [4.69, 9.17) is 9.84 Å². The van der Waals surface area contributed by atoms with Gasteiger partial charge in [-0.05, 0) is 25.3 Å². The Morgan fingerprint density at radius 1 is 1.39 bits per heavy atom. The first-order valence-electron chi connectivity index (χ1n) is 7.29. The number of carbonyl (C=O) groups is 2. The molecule has 1 aliphatic carbocycles. The van der Waals surface area contributed by atoms with Gasteiger partial charge in [0.2, 0.25) is 5.88 Å². The highest BCUT2D eigenvalue weighted by molar-refractivity contribution is 6.03. The normalized spacial score (nSPS) is 14.1. The molecule has 2 aromatic heterocycles. The molecule has 2 aromatic rings. The van der Waals surface area contributed by atoms with Crippen LogP contribution in [0.4, 0.5) is 5.82 Å². The summed E-state index contributed by atoms with van der Waals surface area (Å²) in [6.45, 7) is -0.259. The largest absolute Gasteiger partial charge is 0.480 e. The Hall–Kier alpha value is -2.90. The number of hydrogen-bond donors (Lipinski definition) is 2. The highest BCUT2D eigenvalue weighted by Crippen LogP contribution is 2.24. The van der Waals surface area contributed by atoms with Gasteiger partial charge in [-0.25, -0.2) is 4.98 Å². The lowest BCUT2D eigenvalue weighted by Gasteiger charge is -2.25. The van der Waals surface area contributed by atoms with Gasteiger partial charge in [0.25, 0.3) is 5.91 Å². The molecule has 0 aliphatic heterocycles. The number of hydrogen-bond acceptors (Lipinski definition) is 5. The molecule has 1 aliphatic rings. The Bertz CT molecular complexity index is 724. The van der Waals surface area contributed by atoms with Crippen molar-refractivity contribution in [2.45, 2.75) is 31.9 Å². The Kier molecular flexibility index (Phi) is 4.22. The summed E-state index contributed by atoms with van der Waals surface area (Å²) in [7, 11) is 0. The van der Waals surface area contributed by atoms with Gasteiger partial charge in [-0.1, -0.05) is 0 Å². The molecule has 23 heavy (non-hydrogen) atoms. The number of amides is 1. The van der Waals surface area contributed by atoms with E-state index in [0.717, 1.165) is 19.3 Å². The molecule has 1 saturated carbocycles. The molecule has 2 heterocycles. The molecule has 0 saturated heterocycles. The Morgan fingerprint density at radius 2 is 2.22 bits per heavy atom. The monoisotopic (exact) mass is 316 g/mol. The first kappa shape index (κ1) is 15.0. The minimum absolute atomic E-state index is 0.188. The second-order valence-corrected chi connectivity index (χ2v) is 5.30. The third-order valence-corrected chi connectivity index (χ3v) is 3.52.